The number of carbonyl (C=O) groups excluding carboxylic acids is 1. The molecule has 0 atom stereocenters. The fourth-order valence-corrected chi connectivity index (χ4v) is 2.42. The lowest BCUT2D eigenvalue weighted by Crippen LogP contribution is -2.23. The minimum Gasteiger partial charge on any atom is -0.490 e. The molecule has 0 radical (unpaired) electrons. The number of ether oxygens (including phenoxy) is 2. The largest absolute Gasteiger partial charge is 0.490 e. The Hall–Kier alpha value is -2.82. The van der Waals surface area contributed by atoms with Crippen molar-refractivity contribution in [2.45, 2.75) is 20.3 Å². The number of nitrogens with one attached hydrogen (secondary N) is 1. The molecule has 2 rings (SSSR count). The Morgan fingerprint density at radius 3 is 2.58 bits per heavy atom. The third kappa shape index (κ3) is 6.24. The van der Waals surface area contributed by atoms with Crippen LogP contribution >= 0.6 is 0 Å². The van der Waals surface area contributed by atoms with Gasteiger partial charge in [0.25, 0.3) is 0 Å². The summed E-state index contributed by atoms with van der Waals surface area (Å²) in [5.74, 6) is 0.891. The topological polar surface area (TPSA) is 47.6 Å². The van der Waals surface area contributed by atoms with Gasteiger partial charge in [0.1, 0.15) is 5.82 Å². The van der Waals surface area contributed by atoms with Gasteiger partial charge in [-0.1, -0.05) is 18.2 Å². The average Bonchev–Trinajstić information content (AvgIpc) is 2.62. The monoisotopic (exact) mass is 357 g/mol. The van der Waals surface area contributed by atoms with Crippen molar-refractivity contribution in [3.05, 3.63) is 65.5 Å². The summed E-state index contributed by atoms with van der Waals surface area (Å²) >= 11 is 0. The molecule has 0 heterocycles. The molecule has 0 saturated carbocycles. The normalized spacial score (nSPS) is 10.7. The number of rotatable bonds is 9. The van der Waals surface area contributed by atoms with Crippen LogP contribution in [0.1, 0.15) is 25.0 Å². The minimum atomic E-state index is -0.326. The molecule has 0 aromatic heterocycles. The fraction of sp³-hybridized carbons (Fsp3) is 0.286. The Morgan fingerprint density at radius 1 is 1.08 bits per heavy atom. The van der Waals surface area contributed by atoms with E-state index < -0.39 is 0 Å². The fourth-order valence-electron chi connectivity index (χ4n) is 2.42. The van der Waals surface area contributed by atoms with Gasteiger partial charge in [-0.2, -0.15) is 0 Å². The van der Waals surface area contributed by atoms with Crippen LogP contribution in [0.3, 0.4) is 0 Å². The molecule has 2 aromatic carbocycles. The Bertz CT molecular complexity index is 759. The van der Waals surface area contributed by atoms with Gasteiger partial charge in [-0.25, -0.2) is 4.39 Å². The quantitative estimate of drug-likeness (QED) is 0.690. The Morgan fingerprint density at radius 2 is 1.85 bits per heavy atom. The second kappa shape index (κ2) is 10.2. The van der Waals surface area contributed by atoms with Gasteiger partial charge < -0.3 is 14.8 Å². The standard InChI is InChI=1S/C21H24FNO3/c1-3-25-19-10-8-17(15-20(19)26-4-2)12-13-23-21(24)11-9-16-6-5-7-18(22)14-16/h5-11,14-15H,3-4,12-13H2,1-2H3,(H,23,24). The van der Waals surface area contributed by atoms with Gasteiger partial charge in [-0.15, -0.1) is 0 Å². The molecular formula is C21H24FNO3. The maximum Gasteiger partial charge on any atom is 0.244 e. The highest BCUT2D eigenvalue weighted by molar-refractivity contribution is 5.91. The van der Waals surface area contributed by atoms with Crippen molar-refractivity contribution in [1.29, 1.82) is 0 Å². The van der Waals surface area contributed by atoms with E-state index >= 15 is 0 Å². The Balaban J connectivity index is 1.86. The van der Waals surface area contributed by atoms with Crippen LogP contribution in [0.2, 0.25) is 0 Å². The summed E-state index contributed by atoms with van der Waals surface area (Å²) < 4.78 is 24.2. The van der Waals surface area contributed by atoms with Gasteiger partial charge in [-0.3, -0.25) is 4.79 Å². The molecule has 0 fully saturated rings. The number of carbonyl (C=O) groups is 1. The molecule has 0 aliphatic rings. The third-order valence-electron chi connectivity index (χ3n) is 3.60. The Labute approximate surface area is 153 Å². The molecule has 0 unspecified atom stereocenters. The van der Waals surface area contributed by atoms with Crippen molar-refractivity contribution in [2.75, 3.05) is 19.8 Å². The zero-order chi connectivity index (χ0) is 18.8. The molecule has 1 N–H and O–H groups in total. The van der Waals surface area contributed by atoms with Crippen molar-refractivity contribution >= 4 is 12.0 Å². The van der Waals surface area contributed by atoms with E-state index in [2.05, 4.69) is 5.32 Å². The predicted molar refractivity (Wildman–Crippen MR) is 101 cm³/mol. The lowest BCUT2D eigenvalue weighted by atomic mass is 10.1. The van der Waals surface area contributed by atoms with Crippen LogP contribution in [0.25, 0.3) is 6.08 Å². The van der Waals surface area contributed by atoms with Crippen LogP contribution in [0.5, 0.6) is 11.5 Å². The molecule has 26 heavy (non-hydrogen) atoms. The SMILES string of the molecule is CCOc1ccc(CCNC(=O)C=Cc2cccc(F)c2)cc1OCC. The van der Waals surface area contributed by atoms with Crippen LogP contribution in [-0.2, 0) is 11.2 Å². The second-order valence-corrected chi connectivity index (χ2v) is 5.58. The number of benzene rings is 2. The summed E-state index contributed by atoms with van der Waals surface area (Å²) in [6, 6.07) is 11.9. The molecule has 4 nitrogen and oxygen atoms in total. The van der Waals surface area contributed by atoms with E-state index in [1.54, 1.807) is 18.2 Å². The molecule has 2 aromatic rings. The zero-order valence-electron chi connectivity index (χ0n) is 15.1. The first kappa shape index (κ1) is 19.5. The smallest absolute Gasteiger partial charge is 0.244 e. The van der Waals surface area contributed by atoms with E-state index in [1.807, 2.05) is 32.0 Å². The summed E-state index contributed by atoms with van der Waals surface area (Å²) in [6.45, 7) is 5.48. The van der Waals surface area contributed by atoms with Gasteiger partial charge in [-0.05, 0) is 61.7 Å². The van der Waals surface area contributed by atoms with Gasteiger partial charge in [0.2, 0.25) is 5.91 Å². The third-order valence-corrected chi connectivity index (χ3v) is 3.60. The molecule has 0 aliphatic carbocycles. The van der Waals surface area contributed by atoms with Crippen molar-refractivity contribution in [1.82, 2.24) is 5.32 Å². The molecule has 138 valence electrons. The predicted octanol–water partition coefficient (Wildman–Crippen LogP) is 4.00. The van der Waals surface area contributed by atoms with Crippen LogP contribution in [0.4, 0.5) is 4.39 Å². The highest BCUT2D eigenvalue weighted by Gasteiger charge is 2.06. The number of halogens is 1. The first-order valence-corrected chi connectivity index (χ1v) is 8.72. The van der Waals surface area contributed by atoms with Crippen molar-refractivity contribution in [2.24, 2.45) is 0 Å². The van der Waals surface area contributed by atoms with Crippen LogP contribution in [-0.4, -0.2) is 25.7 Å². The first-order valence-electron chi connectivity index (χ1n) is 8.72. The van der Waals surface area contributed by atoms with E-state index in [1.165, 1.54) is 18.2 Å². The van der Waals surface area contributed by atoms with E-state index in [0.717, 1.165) is 11.3 Å². The van der Waals surface area contributed by atoms with E-state index in [9.17, 15) is 9.18 Å². The van der Waals surface area contributed by atoms with E-state index in [-0.39, 0.29) is 11.7 Å². The van der Waals surface area contributed by atoms with E-state index in [0.29, 0.717) is 37.5 Å². The first-order chi connectivity index (χ1) is 12.6. The summed E-state index contributed by atoms with van der Waals surface area (Å²) in [7, 11) is 0. The van der Waals surface area contributed by atoms with Gasteiger partial charge in [0.15, 0.2) is 11.5 Å². The van der Waals surface area contributed by atoms with Crippen LogP contribution < -0.4 is 14.8 Å². The molecule has 0 bridgehead atoms. The number of amides is 1. The van der Waals surface area contributed by atoms with Gasteiger partial charge >= 0.3 is 0 Å². The Kier molecular flexibility index (Phi) is 7.68. The summed E-state index contributed by atoms with van der Waals surface area (Å²) in [4.78, 5) is 11.9. The van der Waals surface area contributed by atoms with Crippen molar-refractivity contribution < 1.29 is 18.7 Å². The number of hydrogen-bond acceptors (Lipinski definition) is 3. The lowest BCUT2D eigenvalue weighted by molar-refractivity contribution is -0.116. The lowest BCUT2D eigenvalue weighted by Gasteiger charge is -2.12. The summed E-state index contributed by atoms with van der Waals surface area (Å²) in [5, 5.41) is 2.82. The second-order valence-electron chi connectivity index (χ2n) is 5.58. The highest BCUT2D eigenvalue weighted by Crippen LogP contribution is 2.28. The molecule has 0 saturated heterocycles. The maximum absolute atomic E-state index is 13.1. The van der Waals surface area contributed by atoms with Crippen molar-refractivity contribution in [3.8, 4) is 11.5 Å². The average molecular weight is 357 g/mol. The highest BCUT2D eigenvalue weighted by atomic mass is 19.1. The van der Waals surface area contributed by atoms with Gasteiger partial charge in [0.05, 0.1) is 13.2 Å². The molecule has 0 spiro atoms. The van der Waals surface area contributed by atoms with Gasteiger partial charge in [0, 0.05) is 12.6 Å². The van der Waals surface area contributed by atoms with Crippen LogP contribution in [0, 0.1) is 5.82 Å². The summed E-state index contributed by atoms with van der Waals surface area (Å²) in [6.07, 6.45) is 3.66. The molecule has 5 heteroatoms. The van der Waals surface area contributed by atoms with Crippen LogP contribution in [0.15, 0.2) is 48.5 Å². The molecule has 0 aliphatic heterocycles. The zero-order valence-corrected chi connectivity index (χ0v) is 15.1. The minimum absolute atomic E-state index is 0.217. The molecular weight excluding hydrogens is 333 g/mol. The van der Waals surface area contributed by atoms with E-state index in [4.69, 9.17) is 9.47 Å². The number of hydrogen-bond donors (Lipinski definition) is 1. The molecule has 1 amide bonds. The maximum atomic E-state index is 13.1. The van der Waals surface area contributed by atoms with Crippen molar-refractivity contribution in [3.63, 3.8) is 0 Å². The summed E-state index contributed by atoms with van der Waals surface area (Å²) in [5.41, 5.74) is 1.69.